The summed E-state index contributed by atoms with van der Waals surface area (Å²) in [5, 5.41) is 8.66. The second kappa shape index (κ2) is 9.80. The van der Waals surface area contributed by atoms with E-state index in [2.05, 4.69) is 46.8 Å². The fourth-order valence-electron chi connectivity index (χ4n) is 4.94. The van der Waals surface area contributed by atoms with E-state index in [-0.39, 0.29) is 47.4 Å². The van der Waals surface area contributed by atoms with Crippen LogP contribution in [0.25, 0.3) is 0 Å². The highest BCUT2D eigenvalue weighted by atomic mass is 127. The third-order valence-corrected chi connectivity index (χ3v) is 7.02. The lowest BCUT2D eigenvalue weighted by atomic mass is 9.79. The van der Waals surface area contributed by atoms with Crippen LogP contribution in [0.3, 0.4) is 0 Å². The topological polar surface area (TPSA) is 89.1 Å². The molecule has 1 saturated carbocycles. The Morgan fingerprint density at radius 3 is 2.34 bits per heavy atom. The molecule has 0 radical (unpaired) electrons. The lowest BCUT2D eigenvalue weighted by molar-refractivity contribution is -0.125. The number of hydrogen-bond donors (Lipinski definition) is 3. The molecule has 3 fully saturated rings. The zero-order chi connectivity index (χ0) is 20.4. The summed E-state index contributed by atoms with van der Waals surface area (Å²) in [7, 11) is 4.34. The van der Waals surface area contributed by atoms with Gasteiger partial charge >= 0.3 is 6.03 Å². The molecule has 0 aromatic rings. The van der Waals surface area contributed by atoms with Crippen molar-refractivity contribution in [1.29, 1.82) is 0 Å². The number of halogens is 1. The van der Waals surface area contributed by atoms with Crippen LogP contribution in [-0.2, 0) is 4.79 Å². The van der Waals surface area contributed by atoms with E-state index < -0.39 is 5.54 Å². The molecule has 0 spiro atoms. The highest BCUT2D eigenvalue weighted by Crippen LogP contribution is 2.34. The molecule has 3 rings (SSSR count). The van der Waals surface area contributed by atoms with E-state index >= 15 is 0 Å². The zero-order valence-electron chi connectivity index (χ0n) is 18.2. The van der Waals surface area contributed by atoms with Gasteiger partial charge in [0.1, 0.15) is 5.54 Å². The first-order valence-corrected chi connectivity index (χ1v) is 10.6. The molecular formula is C20H37IN6O2. The Hall–Kier alpha value is -1.10. The lowest BCUT2D eigenvalue weighted by Crippen LogP contribution is -2.55. The number of hydrogen-bond acceptors (Lipinski definition) is 4. The first-order valence-electron chi connectivity index (χ1n) is 10.6. The predicted octanol–water partition coefficient (Wildman–Crippen LogP) is 1.75. The molecule has 2 heterocycles. The highest BCUT2D eigenvalue weighted by molar-refractivity contribution is 14.0. The number of carbonyl (C=O) groups excluding carboxylic acids is 2. The Morgan fingerprint density at radius 1 is 1.24 bits per heavy atom. The van der Waals surface area contributed by atoms with Crippen LogP contribution in [0.2, 0.25) is 0 Å². The number of piperidine rings is 1. The third kappa shape index (κ3) is 4.98. The van der Waals surface area contributed by atoms with E-state index in [1.54, 1.807) is 0 Å². The van der Waals surface area contributed by atoms with Crippen molar-refractivity contribution in [1.82, 2.24) is 25.8 Å². The van der Waals surface area contributed by atoms with Gasteiger partial charge in [-0.25, -0.2) is 4.79 Å². The van der Waals surface area contributed by atoms with E-state index in [1.165, 1.54) is 25.7 Å². The molecule has 1 unspecified atom stereocenters. The standard InChI is InChI=1S/C20H36N6O2.HI/c1-5-21-17(22-14-20(25(3)4)10-6-7-11-20)26-12-8-15(9-13-26)19(2)16(27)23-18(28)24-19;/h15H,5-14H2,1-4H3,(H,21,22)(H2,23,24,27,28);1H. The maximum atomic E-state index is 12.2. The molecule has 9 heteroatoms. The Labute approximate surface area is 191 Å². The quantitative estimate of drug-likeness (QED) is 0.223. The van der Waals surface area contributed by atoms with Gasteiger partial charge in [-0.3, -0.25) is 15.1 Å². The number of guanidine groups is 1. The van der Waals surface area contributed by atoms with Crippen LogP contribution < -0.4 is 16.0 Å². The molecule has 3 aliphatic rings. The third-order valence-electron chi connectivity index (χ3n) is 7.02. The van der Waals surface area contributed by atoms with E-state index in [0.717, 1.165) is 45.0 Å². The number of imide groups is 1. The first-order chi connectivity index (χ1) is 13.3. The molecular weight excluding hydrogens is 483 g/mol. The van der Waals surface area contributed by atoms with Crippen molar-refractivity contribution < 1.29 is 9.59 Å². The number of nitrogens with zero attached hydrogens (tertiary/aromatic N) is 3. The summed E-state index contributed by atoms with van der Waals surface area (Å²) in [4.78, 5) is 33.5. The molecule has 0 bridgehead atoms. The van der Waals surface area contributed by atoms with E-state index in [9.17, 15) is 9.59 Å². The lowest BCUT2D eigenvalue weighted by Gasteiger charge is -2.40. The summed E-state index contributed by atoms with van der Waals surface area (Å²) in [6.45, 7) is 7.27. The van der Waals surface area contributed by atoms with Crippen molar-refractivity contribution in [2.45, 2.75) is 63.5 Å². The van der Waals surface area contributed by atoms with Crippen molar-refractivity contribution in [3.8, 4) is 0 Å². The average molecular weight is 520 g/mol. The molecule has 3 amide bonds. The van der Waals surface area contributed by atoms with Gasteiger partial charge in [-0.05, 0) is 59.5 Å². The summed E-state index contributed by atoms with van der Waals surface area (Å²) in [6, 6.07) is -0.379. The number of likely N-dealkylation sites (tertiary alicyclic amines) is 1. The SMILES string of the molecule is CCNC(=NCC1(N(C)C)CCCC1)N1CCC(C2(C)NC(=O)NC2=O)CC1.I. The normalized spacial score (nSPS) is 27.6. The molecule has 0 aromatic carbocycles. The van der Waals surface area contributed by atoms with Gasteiger partial charge in [-0.15, -0.1) is 24.0 Å². The average Bonchev–Trinajstić information content (AvgIpc) is 3.24. The minimum atomic E-state index is -0.794. The Balaban J connectivity index is 0.00000300. The number of nitrogens with one attached hydrogen (secondary N) is 3. The van der Waals surface area contributed by atoms with Crippen LogP contribution in [0.15, 0.2) is 4.99 Å². The van der Waals surface area contributed by atoms with Crippen LogP contribution in [0.1, 0.15) is 52.4 Å². The minimum Gasteiger partial charge on any atom is -0.357 e. The molecule has 2 saturated heterocycles. The number of rotatable bonds is 5. The Morgan fingerprint density at radius 2 is 1.86 bits per heavy atom. The van der Waals surface area contributed by atoms with E-state index in [1.807, 2.05) is 6.92 Å². The number of urea groups is 1. The van der Waals surface area contributed by atoms with E-state index in [4.69, 9.17) is 4.99 Å². The smallest absolute Gasteiger partial charge is 0.322 e. The van der Waals surface area contributed by atoms with Gasteiger partial charge in [0.25, 0.3) is 5.91 Å². The highest BCUT2D eigenvalue weighted by Gasteiger charge is 2.48. The molecule has 1 aliphatic carbocycles. The fraction of sp³-hybridized carbons (Fsp3) is 0.850. The number of amides is 3. The van der Waals surface area contributed by atoms with E-state index in [0.29, 0.717) is 0 Å². The number of likely N-dealkylation sites (N-methyl/N-ethyl adjacent to an activating group) is 1. The van der Waals surface area contributed by atoms with Crippen LogP contribution in [0, 0.1) is 5.92 Å². The molecule has 0 aromatic heterocycles. The number of carbonyl (C=O) groups is 2. The van der Waals surface area contributed by atoms with Crippen molar-refractivity contribution in [2.75, 3.05) is 40.3 Å². The van der Waals surface area contributed by atoms with Gasteiger partial charge in [-0.2, -0.15) is 0 Å². The summed E-state index contributed by atoms with van der Waals surface area (Å²) in [6.07, 6.45) is 6.68. The van der Waals surface area contributed by atoms with Gasteiger partial charge in [-0.1, -0.05) is 12.8 Å². The second-order valence-corrected chi connectivity index (χ2v) is 8.87. The summed E-state index contributed by atoms with van der Waals surface area (Å²) >= 11 is 0. The van der Waals surface area contributed by atoms with Crippen LogP contribution in [0.5, 0.6) is 0 Å². The van der Waals surface area contributed by atoms with Crippen molar-refractivity contribution in [3.63, 3.8) is 0 Å². The summed E-state index contributed by atoms with van der Waals surface area (Å²) < 4.78 is 0. The van der Waals surface area contributed by atoms with Crippen LogP contribution >= 0.6 is 24.0 Å². The summed E-state index contributed by atoms with van der Waals surface area (Å²) in [5.41, 5.74) is -0.615. The maximum absolute atomic E-state index is 12.2. The van der Waals surface area contributed by atoms with Gasteiger partial charge in [0.15, 0.2) is 5.96 Å². The molecule has 2 aliphatic heterocycles. The molecule has 29 heavy (non-hydrogen) atoms. The van der Waals surface area contributed by atoms with Crippen molar-refractivity contribution in [2.24, 2.45) is 10.9 Å². The molecule has 8 nitrogen and oxygen atoms in total. The molecule has 1 atom stereocenters. The Kier molecular flexibility index (Phi) is 8.17. The number of aliphatic imine (C=N–C) groups is 1. The predicted molar refractivity (Wildman–Crippen MR) is 126 cm³/mol. The van der Waals surface area contributed by atoms with Gasteiger partial charge in [0, 0.05) is 25.2 Å². The largest absolute Gasteiger partial charge is 0.357 e. The van der Waals surface area contributed by atoms with Crippen LogP contribution in [0.4, 0.5) is 4.79 Å². The minimum absolute atomic E-state index is 0. The fourth-order valence-corrected chi connectivity index (χ4v) is 4.94. The first kappa shape index (κ1) is 24.2. The second-order valence-electron chi connectivity index (χ2n) is 8.87. The monoisotopic (exact) mass is 520 g/mol. The molecule has 166 valence electrons. The van der Waals surface area contributed by atoms with Gasteiger partial charge < -0.3 is 20.4 Å². The van der Waals surface area contributed by atoms with Crippen molar-refractivity contribution in [3.05, 3.63) is 0 Å². The van der Waals surface area contributed by atoms with Crippen molar-refractivity contribution >= 4 is 41.9 Å². The zero-order valence-corrected chi connectivity index (χ0v) is 20.5. The maximum Gasteiger partial charge on any atom is 0.322 e. The van der Waals surface area contributed by atoms with Gasteiger partial charge in [0.2, 0.25) is 0 Å². The van der Waals surface area contributed by atoms with Gasteiger partial charge in [0.05, 0.1) is 6.54 Å². The Bertz CT molecular complexity index is 626. The summed E-state index contributed by atoms with van der Waals surface area (Å²) in [5.74, 6) is 0.908. The molecule has 3 N–H and O–H groups in total. The van der Waals surface area contributed by atoms with Crippen LogP contribution in [-0.4, -0.2) is 79.0 Å².